The summed E-state index contributed by atoms with van der Waals surface area (Å²) < 4.78 is 17.3. The van der Waals surface area contributed by atoms with Gasteiger partial charge in [0.25, 0.3) is 0 Å². The molecule has 0 aromatic rings. The van der Waals surface area contributed by atoms with Crippen LogP contribution in [0.25, 0.3) is 0 Å². The first kappa shape index (κ1) is 33.7. The van der Waals surface area contributed by atoms with Crippen molar-refractivity contribution in [3.8, 4) is 0 Å². The lowest BCUT2D eigenvalue weighted by Crippen LogP contribution is -2.73. The second-order valence-corrected chi connectivity index (χ2v) is 14.2. The summed E-state index contributed by atoms with van der Waals surface area (Å²) in [6.07, 6.45) is 2.82. The van der Waals surface area contributed by atoms with Crippen LogP contribution < -0.4 is 26.6 Å². The minimum absolute atomic E-state index is 0.000995. The minimum atomic E-state index is -0.657. The summed E-state index contributed by atoms with van der Waals surface area (Å²) in [5.74, 6) is 0.881. The predicted molar refractivity (Wildman–Crippen MR) is 167 cm³/mol. The Kier molecular flexibility index (Phi) is 11.9. The average Bonchev–Trinajstić information content (AvgIpc) is 3.55. The van der Waals surface area contributed by atoms with Crippen molar-refractivity contribution in [2.75, 3.05) is 85.5 Å². The van der Waals surface area contributed by atoms with Crippen LogP contribution >= 0.6 is 11.6 Å². The van der Waals surface area contributed by atoms with Crippen molar-refractivity contribution in [2.45, 2.75) is 80.8 Å². The highest BCUT2D eigenvalue weighted by Gasteiger charge is 2.43. The summed E-state index contributed by atoms with van der Waals surface area (Å²) in [6, 6.07) is -0.219. The molecule has 5 saturated heterocycles. The molecule has 8 unspecified atom stereocenters. The number of piperidine rings is 1. The molecule has 1 saturated carbocycles. The van der Waals surface area contributed by atoms with Gasteiger partial charge in [-0.05, 0) is 37.6 Å². The van der Waals surface area contributed by atoms with Crippen molar-refractivity contribution in [3.05, 3.63) is 0 Å². The standard InChI is InChI=1S/C30H53ClN8O6/c1-19(40)39-14-21(15-39)34-27-10-25(35-30(36-27)38-6-8-43-9-7-38)29(42)33-11-22(41)16-37-5-4-24-20(13-37)2-3-26(28(24)31)44-17-23-12-32-18-45-23/h20-28,30,32,34-36,41H,2-18H2,1H3,(H,33,42)/t20?,22-,23?,24?,25?,26?,27?,28?,30?/m0/s1. The van der Waals surface area contributed by atoms with E-state index < -0.39 is 12.1 Å². The van der Waals surface area contributed by atoms with Crippen molar-refractivity contribution in [1.82, 2.24) is 41.3 Å². The Morgan fingerprint density at radius 2 is 1.93 bits per heavy atom. The minimum Gasteiger partial charge on any atom is -0.390 e. The Labute approximate surface area is 271 Å². The summed E-state index contributed by atoms with van der Waals surface area (Å²) in [5, 5.41) is 27.8. The van der Waals surface area contributed by atoms with E-state index in [1.807, 2.05) is 4.90 Å². The smallest absolute Gasteiger partial charge is 0.237 e. The van der Waals surface area contributed by atoms with Crippen molar-refractivity contribution in [1.29, 1.82) is 0 Å². The Hall–Kier alpha value is -1.17. The number of β-amino-alcohol motifs (C(OH)–C–C–N with tert-alkyl or cyclic N) is 1. The van der Waals surface area contributed by atoms with Crippen molar-refractivity contribution >= 4 is 23.4 Å². The summed E-state index contributed by atoms with van der Waals surface area (Å²) in [6.45, 7) is 10.3. The third kappa shape index (κ3) is 8.85. The summed E-state index contributed by atoms with van der Waals surface area (Å²) in [5.41, 5.74) is 0. The largest absolute Gasteiger partial charge is 0.390 e. The highest BCUT2D eigenvalue weighted by atomic mass is 35.5. The molecule has 0 aromatic carbocycles. The zero-order valence-electron chi connectivity index (χ0n) is 26.5. The van der Waals surface area contributed by atoms with E-state index in [1.165, 1.54) is 0 Å². The lowest BCUT2D eigenvalue weighted by Gasteiger charge is -2.47. The van der Waals surface area contributed by atoms with Crippen LogP contribution in [0.5, 0.6) is 0 Å². The van der Waals surface area contributed by atoms with E-state index in [1.54, 1.807) is 6.92 Å². The lowest BCUT2D eigenvalue weighted by molar-refractivity contribution is -0.134. The molecule has 0 bridgehead atoms. The molecule has 0 spiro atoms. The molecule has 6 N–H and O–H groups in total. The van der Waals surface area contributed by atoms with E-state index >= 15 is 0 Å². The molecule has 5 heterocycles. The number of carbonyl (C=O) groups excluding carboxylic acids is 2. The molecule has 15 heteroatoms. The number of nitrogens with zero attached hydrogens (tertiary/aromatic N) is 3. The summed E-state index contributed by atoms with van der Waals surface area (Å²) in [7, 11) is 0. The van der Waals surface area contributed by atoms with Crippen molar-refractivity contribution in [3.63, 3.8) is 0 Å². The Balaban J connectivity index is 0.937. The number of morpholine rings is 1. The van der Waals surface area contributed by atoms with Crippen LogP contribution in [0.4, 0.5) is 0 Å². The normalized spacial score (nSPS) is 37.5. The van der Waals surface area contributed by atoms with Gasteiger partial charge in [-0.2, -0.15) is 0 Å². The number of amides is 2. The number of nitrogens with one attached hydrogen (secondary N) is 5. The van der Waals surface area contributed by atoms with Crippen molar-refractivity contribution < 1.29 is 28.9 Å². The van der Waals surface area contributed by atoms with E-state index in [9.17, 15) is 14.7 Å². The average molecular weight is 657 g/mol. The molecule has 6 rings (SSSR count). The Morgan fingerprint density at radius 3 is 2.69 bits per heavy atom. The second-order valence-electron chi connectivity index (χ2n) is 13.7. The maximum absolute atomic E-state index is 13.4. The number of aliphatic hydroxyl groups is 1. The Morgan fingerprint density at radius 1 is 1.11 bits per heavy atom. The van der Waals surface area contributed by atoms with Gasteiger partial charge < -0.3 is 34.4 Å². The van der Waals surface area contributed by atoms with Crippen LogP contribution in [-0.4, -0.2) is 165 Å². The maximum Gasteiger partial charge on any atom is 0.237 e. The molecule has 5 aliphatic heterocycles. The highest BCUT2D eigenvalue weighted by molar-refractivity contribution is 6.21. The maximum atomic E-state index is 13.4. The molecule has 45 heavy (non-hydrogen) atoms. The van der Waals surface area contributed by atoms with E-state index in [-0.39, 0.29) is 54.4 Å². The van der Waals surface area contributed by atoms with Gasteiger partial charge in [0.2, 0.25) is 11.8 Å². The number of aliphatic hydroxyl groups excluding tert-OH is 1. The van der Waals surface area contributed by atoms with Crippen LogP contribution in [-0.2, 0) is 23.8 Å². The number of carbonyl (C=O) groups is 2. The highest BCUT2D eigenvalue weighted by Crippen LogP contribution is 2.40. The van der Waals surface area contributed by atoms with Crippen LogP contribution in [0.15, 0.2) is 0 Å². The molecule has 1 aliphatic carbocycles. The first-order chi connectivity index (χ1) is 21.8. The van der Waals surface area contributed by atoms with Crippen LogP contribution in [0, 0.1) is 11.8 Å². The number of hydrogen-bond acceptors (Lipinski definition) is 12. The third-order valence-corrected chi connectivity index (χ3v) is 11.0. The molecule has 6 aliphatic rings. The summed E-state index contributed by atoms with van der Waals surface area (Å²) >= 11 is 6.95. The van der Waals surface area contributed by atoms with Gasteiger partial charge in [0.05, 0.1) is 62.4 Å². The van der Waals surface area contributed by atoms with E-state index in [0.717, 1.165) is 52.0 Å². The Bertz CT molecular complexity index is 984. The van der Waals surface area contributed by atoms with Gasteiger partial charge in [-0.3, -0.25) is 35.8 Å². The fourth-order valence-electron chi connectivity index (χ4n) is 7.77. The van der Waals surface area contributed by atoms with E-state index in [4.69, 9.17) is 25.8 Å². The SMILES string of the molecule is CC(=O)N1CC(NC2CC(C(=O)NC[C@H](O)CN3CCC4C(CCC(OCC5CNCO5)C4Cl)C3)NC(N3CCOCC3)N2)C1. The molecular weight excluding hydrogens is 604 g/mol. The number of rotatable bonds is 11. The van der Waals surface area contributed by atoms with Gasteiger partial charge >= 0.3 is 0 Å². The van der Waals surface area contributed by atoms with Crippen LogP contribution in [0.2, 0.25) is 0 Å². The monoisotopic (exact) mass is 656 g/mol. The number of likely N-dealkylation sites (tertiary alicyclic amines) is 2. The molecule has 14 nitrogen and oxygen atoms in total. The lowest BCUT2D eigenvalue weighted by atomic mass is 9.73. The molecule has 256 valence electrons. The van der Waals surface area contributed by atoms with Gasteiger partial charge in [0.15, 0.2) is 0 Å². The number of alkyl halides is 1. The topological polar surface area (TPSA) is 152 Å². The van der Waals surface area contributed by atoms with Gasteiger partial charge in [-0.25, -0.2) is 0 Å². The van der Waals surface area contributed by atoms with Crippen molar-refractivity contribution in [2.24, 2.45) is 11.8 Å². The molecule has 9 atom stereocenters. The number of fused-ring (bicyclic) bond motifs is 1. The first-order valence-electron chi connectivity index (χ1n) is 16.9. The third-order valence-electron chi connectivity index (χ3n) is 10.4. The zero-order chi connectivity index (χ0) is 31.3. The molecule has 6 fully saturated rings. The van der Waals surface area contributed by atoms with E-state index in [0.29, 0.717) is 64.4 Å². The van der Waals surface area contributed by atoms with Gasteiger partial charge in [0, 0.05) is 71.7 Å². The second kappa shape index (κ2) is 15.8. The van der Waals surface area contributed by atoms with E-state index in [2.05, 4.69) is 36.4 Å². The quantitative estimate of drug-likeness (QED) is 0.135. The predicted octanol–water partition coefficient (Wildman–Crippen LogP) is -2.15. The molecule has 2 amide bonds. The first-order valence-corrected chi connectivity index (χ1v) is 17.4. The summed E-state index contributed by atoms with van der Waals surface area (Å²) in [4.78, 5) is 31.4. The van der Waals surface area contributed by atoms with Gasteiger partial charge in [0.1, 0.15) is 6.29 Å². The molecular formula is C30H53ClN8O6. The zero-order valence-corrected chi connectivity index (χ0v) is 27.3. The van der Waals surface area contributed by atoms with Crippen LogP contribution in [0.1, 0.15) is 32.6 Å². The van der Waals surface area contributed by atoms with Gasteiger partial charge in [-0.15, -0.1) is 11.6 Å². The van der Waals surface area contributed by atoms with Gasteiger partial charge in [-0.1, -0.05) is 0 Å². The molecule has 0 aromatic heterocycles. The fourth-order valence-corrected chi connectivity index (χ4v) is 8.30. The molecule has 0 radical (unpaired) electrons. The number of hydrogen-bond donors (Lipinski definition) is 6. The fraction of sp³-hybridized carbons (Fsp3) is 0.933. The van der Waals surface area contributed by atoms with Crippen LogP contribution in [0.3, 0.4) is 0 Å². The number of halogens is 1. The number of ether oxygens (including phenoxy) is 3.